The Hall–Kier alpha value is -1.11. The van der Waals surface area contributed by atoms with Gasteiger partial charge in [0.2, 0.25) is 0 Å². The lowest BCUT2D eigenvalue weighted by Gasteiger charge is -2.06. The second-order valence-corrected chi connectivity index (χ2v) is 2.59. The maximum absolute atomic E-state index is 8.56. The fourth-order valence-corrected chi connectivity index (χ4v) is 0.921. The highest BCUT2D eigenvalue weighted by atomic mass is 35.5. The second kappa shape index (κ2) is 4.80. The van der Waals surface area contributed by atoms with Crippen molar-refractivity contribution in [2.45, 2.75) is 0 Å². The number of aliphatic hydroxyl groups is 1. The van der Waals surface area contributed by atoms with Gasteiger partial charge in [0.1, 0.15) is 0 Å². The molecular weight excluding hydrogens is 194 g/mol. The number of aliphatic hydroxyl groups excluding tert-OH is 1. The van der Waals surface area contributed by atoms with Crippen LogP contribution in [0.2, 0.25) is 5.15 Å². The van der Waals surface area contributed by atoms with E-state index in [1.807, 2.05) is 0 Å². The monoisotopic (exact) mass is 203 g/mol. The molecule has 0 bridgehead atoms. The van der Waals surface area contributed by atoms with Crippen molar-refractivity contribution in [3.8, 4) is 0 Å². The normalized spacial score (nSPS) is 9.77. The van der Waals surface area contributed by atoms with E-state index in [0.29, 0.717) is 18.1 Å². The molecule has 0 saturated heterocycles. The SMILES string of the molecule is NNc1cc(NCCO)c(Cl)nn1. The van der Waals surface area contributed by atoms with Crippen LogP contribution in [-0.2, 0) is 0 Å². The van der Waals surface area contributed by atoms with E-state index < -0.39 is 0 Å². The zero-order valence-electron chi connectivity index (χ0n) is 6.79. The van der Waals surface area contributed by atoms with Crippen molar-refractivity contribution in [2.24, 2.45) is 5.84 Å². The molecule has 0 aliphatic rings. The van der Waals surface area contributed by atoms with E-state index in [4.69, 9.17) is 22.6 Å². The number of nitrogens with two attached hydrogens (primary N) is 1. The summed E-state index contributed by atoms with van der Waals surface area (Å²) in [5, 5.41) is 18.9. The van der Waals surface area contributed by atoms with Gasteiger partial charge in [-0.3, -0.25) is 0 Å². The van der Waals surface area contributed by atoms with Gasteiger partial charge in [-0.2, -0.15) is 0 Å². The third-order valence-corrected chi connectivity index (χ3v) is 1.60. The Morgan fingerprint density at radius 3 is 2.92 bits per heavy atom. The number of rotatable bonds is 4. The Bertz CT molecular complexity index is 282. The Morgan fingerprint density at radius 1 is 1.54 bits per heavy atom. The summed E-state index contributed by atoms with van der Waals surface area (Å²) in [6, 6.07) is 1.60. The third-order valence-electron chi connectivity index (χ3n) is 1.32. The highest BCUT2D eigenvalue weighted by Crippen LogP contribution is 2.19. The third kappa shape index (κ3) is 2.69. The molecule has 0 aliphatic carbocycles. The summed E-state index contributed by atoms with van der Waals surface area (Å²) >= 11 is 5.70. The number of hydrazine groups is 1. The maximum atomic E-state index is 8.56. The van der Waals surface area contributed by atoms with Gasteiger partial charge in [0.05, 0.1) is 12.3 Å². The predicted molar refractivity (Wildman–Crippen MR) is 50.4 cm³/mol. The molecule has 1 heterocycles. The van der Waals surface area contributed by atoms with Gasteiger partial charge in [-0.1, -0.05) is 11.6 Å². The maximum Gasteiger partial charge on any atom is 0.174 e. The van der Waals surface area contributed by atoms with Crippen LogP contribution in [0.15, 0.2) is 6.07 Å². The Kier molecular flexibility index (Phi) is 3.69. The van der Waals surface area contributed by atoms with E-state index in [9.17, 15) is 0 Å². The van der Waals surface area contributed by atoms with Gasteiger partial charge < -0.3 is 15.8 Å². The Balaban J connectivity index is 2.78. The van der Waals surface area contributed by atoms with Gasteiger partial charge in [-0.15, -0.1) is 10.2 Å². The van der Waals surface area contributed by atoms with Crippen molar-refractivity contribution in [1.82, 2.24) is 10.2 Å². The molecule has 0 unspecified atom stereocenters. The molecule has 0 spiro atoms. The predicted octanol–water partition coefficient (Wildman–Crippen LogP) is -0.180. The molecular formula is C6H10ClN5O. The molecule has 6 nitrogen and oxygen atoms in total. The van der Waals surface area contributed by atoms with E-state index in [0.717, 1.165) is 0 Å². The first kappa shape index (κ1) is 9.97. The number of halogens is 1. The van der Waals surface area contributed by atoms with Crippen LogP contribution < -0.4 is 16.6 Å². The molecule has 1 rings (SSSR count). The van der Waals surface area contributed by atoms with Crippen molar-refractivity contribution in [1.29, 1.82) is 0 Å². The molecule has 0 saturated carbocycles. The van der Waals surface area contributed by atoms with Crippen molar-refractivity contribution in [3.05, 3.63) is 11.2 Å². The van der Waals surface area contributed by atoms with Crippen LogP contribution in [0.4, 0.5) is 11.5 Å². The van der Waals surface area contributed by atoms with Gasteiger partial charge in [0.25, 0.3) is 0 Å². The van der Waals surface area contributed by atoms with E-state index in [1.165, 1.54) is 0 Å². The number of nitrogen functional groups attached to an aromatic ring is 1. The summed E-state index contributed by atoms with van der Waals surface area (Å²) in [7, 11) is 0. The fraction of sp³-hybridized carbons (Fsp3) is 0.333. The largest absolute Gasteiger partial charge is 0.395 e. The summed E-state index contributed by atoms with van der Waals surface area (Å²) in [5.41, 5.74) is 2.92. The lowest BCUT2D eigenvalue weighted by atomic mass is 10.4. The highest BCUT2D eigenvalue weighted by molar-refractivity contribution is 6.31. The fourth-order valence-electron chi connectivity index (χ4n) is 0.762. The average Bonchev–Trinajstić information content (AvgIpc) is 2.17. The lowest BCUT2D eigenvalue weighted by Crippen LogP contribution is -2.11. The van der Waals surface area contributed by atoms with Gasteiger partial charge in [-0.25, -0.2) is 5.84 Å². The smallest absolute Gasteiger partial charge is 0.174 e. The van der Waals surface area contributed by atoms with Gasteiger partial charge in [-0.05, 0) is 0 Å². The van der Waals surface area contributed by atoms with Crippen molar-refractivity contribution in [2.75, 3.05) is 23.9 Å². The van der Waals surface area contributed by atoms with Crippen molar-refractivity contribution >= 4 is 23.1 Å². The molecule has 72 valence electrons. The first-order chi connectivity index (χ1) is 6.27. The van der Waals surface area contributed by atoms with E-state index in [2.05, 4.69) is 20.9 Å². The highest BCUT2D eigenvalue weighted by Gasteiger charge is 2.02. The van der Waals surface area contributed by atoms with E-state index in [-0.39, 0.29) is 11.8 Å². The molecule has 13 heavy (non-hydrogen) atoms. The van der Waals surface area contributed by atoms with Gasteiger partial charge >= 0.3 is 0 Å². The van der Waals surface area contributed by atoms with Crippen LogP contribution in [0.5, 0.6) is 0 Å². The van der Waals surface area contributed by atoms with Crippen LogP contribution in [0.25, 0.3) is 0 Å². The summed E-state index contributed by atoms with van der Waals surface area (Å²) in [5.74, 6) is 5.53. The van der Waals surface area contributed by atoms with Crippen molar-refractivity contribution in [3.63, 3.8) is 0 Å². The lowest BCUT2D eigenvalue weighted by molar-refractivity contribution is 0.311. The van der Waals surface area contributed by atoms with Gasteiger partial charge in [0.15, 0.2) is 11.0 Å². The second-order valence-electron chi connectivity index (χ2n) is 2.23. The van der Waals surface area contributed by atoms with Crippen molar-refractivity contribution < 1.29 is 5.11 Å². The number of aromatic nitrogens is 2. The first-order valence-electron chi connectivity index (χ1n) is 3.62. The topological polar surface area (TPSA) is 96.1 Å². The number of anilines is 2. The summed E-state index contributed by atoms with van der Waals surface area (Å²) in [6.45, 7) is 0.416. The molecule has 1 aromatic heterocycles. The van der Waals surface area contributed by atoms with Crippen LogP contribution in [0.3, 0.4) is 0 Å². The number of hydrogen-bond donors (Lipinski definition) is 4. The van der Waals surface area contributed by atoms with Gasteiger partial charge in [0, 0.05) is 12.6 Å². The Morgan fingerprint density at radius 2 is 2.31 bits per heavy atom. The Labute approximate surface area is 80.1 Å². The van der Waals surface area contributed by atoms with Crippen LogP contribution in [0.1, 0.15) is 0 Å². The average molecular weight is 204 g/mol. The summed E-state index contributed by atoms with van der Waals surface area (Å²) < 4.78 is 0. The van der Waals surface area contributed by atoms with Crippen LogP contribution in [0, 0.1) is 0 Å². The molecule has 1 aromatic rings. The number of hydrogen-bond acceptors (Lipinski definition) is 6. The minimum atomic E-state index is 0.0179. The molecule has 0 radical (unpaired) electrons. The minimum absolute atomic E-state index is 0.0179. The molecule has 0 aromatic carbocycles. The zero-order valence-corrected chi connectivity index (χ0v) is 7.54. The number of nitrogens with one attached hydrogen (secondary N) is 2. The molecule has 0 fully saturated rings. The summed E-state index contributed by atoms with van der Waals surface area (Å²) in [6.07, 6.45) is 0. The van der Waals surface area contributed by atoms with E-state index >= 15 is 0 Å². The minimum Gasteiger partial charge on any atom is -0.395 e. The molecule has 0 amide bonds. The summed E-state index contributed by atoms with van der Waals surface area (Å²) in [4.78, 5) is 0. The molecule has 0 atom stereocenters. The first-order valence-corrected chi connectivity index (χ1v) is 4.00. The zero-order chi connectivity index (χ0) is 9.68. The molecule has 5 N–H and O–H groups in total. The standard InChI is InChI=1S/C6H10ClN5O/c7-6-4(9-1-2-13)3-5(10-8)11-12-6/h3,13H,1-2,8H2,(H2,9,10,11). The number of nitrogens with zero attached hydrogens (tertiary/aromatic N) is 2. The quantitative estimate of drug-likeness (QED) is 0.401. The molecule has 7 heteroatoms. The van der Waals surface area contributed by atoms with Crippen LogP contribution in [-0.4, -0.2) is 28.5 Å². The van der Waals surface area contributed by atoms with E-state index in [1.54, 1.807) is 6.07 Å². The molecule has 0 aliphatic heterocycles. The van der Waals surface area contributed by atoms with Crippen LogP contribution >= 0.6 is 11.6 Å².